The number of rotatable bonds is 14. The highest BCUT2D eigenvalue weighted by Crippen LogP contribution is 2.32. The number of thiazole rings is 1. The van der Waals surface area contributed by atoms with E-state index in [1.165, 1.54) is 0 Å². The molecule has 1 heterocycles. The molecule has 1 aromatic heterocycles. The fraction of sp³-hybridized carbons (Fsp3) is 0.417. The normalized spacial score (nSPS) is 11.2. The lowest BCUT2D eigenvalue weighted by Gasteiger charge is -2.20. The summed E-state index contributed by atoms with van der Waals surface area (Å²) in [5.41, 5.74) is 8.57. The Bertz CT molecular complexity index is 1010. The number of ether oxygens (including phenoxy) is 1. The molecule has 0 saturated carbocycles. The van der Waals surface area contributed by atoms with Crippen LogP contribution < -0.4 is 15.8 Å². The van der Waals surface area contributed by atoms with Crippen LogP contribution in [0.3, 0.4) is 0 Å². The van der Waals surface area contributed by atoms with E-state index in [4.69, 9.17) is 15.5 Å². The highest BCUT2D eigenvalue weighted by atomic mass is 32.1. The molecule has 0 spiro atoms. The average Bonchev–Trinajstić information content (AvgIpc) is 3.24. The number of benzene rings is 2. The zero-order valence-corrected chi connectivity index (χ0v) is 21.3. The summed E-state index contributed by atoms with van der Waals surface area (Å²) in [6.07, 6.45) is 3.04. The zero-order valence-electron chi connectivity index (χ0n) is 18.7. The molecule has 1 amide bonds. The Labute approximate surface area is 210 Å². The number of amides is 1. The number of nitrogens with zero attached hydrogens (tertiary/aromatic N) is 2. The molecule has 6 nitrogen and oxygen atoms in total. The van der Waals surface area contributed by atoms with E-state index in [9.17, 15) is 4.79 Å². The summed E-state index contributed by atoms with van der Waals surface area (Å²) in [5, 5.41) is 3.84. The SMILES string of the molecule is Nc1ccc(-c2nc3ccc(OCCCCCN(CCS)CC(=O)NCCS)cc3s2)cc1. The molecule has 0 aliphatic heterocycles. The molecule has 0 aliphatic rings. The van der Waals surface area contributed by atoms with E-state index in [0.717, 1.165) is 70.3 Å². The average molecular weight is 505 g/mol. The maximum absolute atomic E-state index is 11.9. The number of fused-ring (bicyclic) bond motifs is 1. The first kappa shape index (κ1) is 25.7. The number of thiol groups is 2. The Hall–Kier alpha value is -1.94. The minimum absolute atomic E-state index is 0.0483. The number of carbonyl (C=O) groups excluding carboxylic acids is 1. The van der Waals surface area contributed by atoms with E-state index in [-0.39, 0.29) is 5.91 Å². The number of hydrogen-bond donors (Lipinski definition) is 4. The quantitative estimate of drug-likeness (QED) is 0.149. The lowest BCUT2D eigenvalue weighted by Crippen LogP contribution is -2.39. The highest BCUT2D eigenvalue weighted by Gasteiger charge is 2.10. The van der Waals surface area contributed by atoms with Gasteiger partial charge in [0.15, 0.2) is 0 Å². The van der Waals surface area contributed by atoms with Crippen molar-refractivity contribution in [3.8, 4) is 16.3 Å². The van der Waals surface area contributed by atoms with Gasteiger partial charge in [-0.3, -0.25) is 9.69 Å². The van der Waals surface area contributed by atoms with Crippen molar-refractivity contribution in [3.05, 3.63) is 42.5 Å². The number of carbonyl (C=O) groups is 1. The van der Waals surface area contributed by atoms with Crippen molar-refractivity contribution >= 4 is 58.4 Å². The van der Waals surface area contributed by atoms with Gasteiger partial charge in [0, 0.05) is 35.8 Å². The number of nitrogen functional groups attached to an aromatic ring is 1. The molecule has 0 saturated heterocycles. The molecule has 33 heavy (non-hydrogen) atoms. The van der Waals surface area contributed by atoms with Crippen LogP contribution in [0.15, 0.2) is 42.5 Å². The lowest BCUT2D eigenvalue weighted by molar-refractivity contribution is -0.122. The summed E-state index contributed by atoms with van der Waals surface area (Å²) in [6, 6.07) is 13.8. The summed E-state index contributed by atoms with van der Waals surface area (Å²) in [4.78, 5) is 18.8. The first-order valence-corrected chi connectivity index (χ1v) is 13.3. The van der Waals surface area contributed by atoms with Crippen molar-refractivity contribution in [2.75, 3.05) is 50.0 Å². The van der Waals surface area contributed by atoms with Crippen molar-refractivity contribution in [2.45, 2.75) is 19.3 Å². The van der Waals surface area contributed by atoms with Gasteiger partial charge in [-0.1, -0.05) is 0 Å². The van der Waals surface area contributed by atoms with Crippen LogP contribution in [0.25, 0.3) is 20.8 Å². The molecule has 2 aromatic carbocycles. The number of anilines is 1. The second-order valence-electron chi connectivity index (χ2n) is 7.75. The molecule has 0 aliphatic carbocycles. The molecule has 0 radical (unpaired) electrons. The third kappa shape index (κ3) is 8.41. The van der Waals surface area contributed by atoms with Crippen molar-refractivity contribution in [3.63, 3.8) is 0 Å². The summed E-state index contributed by atoms with van der Waals surface area (Å²) < 4.78 is 7.08. The van der Waals surface area contributed by atoms with Gasteiger partial charge in [0.2, 0.25) is 5.91 Å². The standard InChI is InChI=1S/C24H32N4O2S3/c25-19-6-4-18(5-7-19)24-27-21-9-8-20(16-22(21)33-24)30-13-3-1-2-11-28(12-15-32)17-23(29)26-10-14-31/h4-9,16,31-32H,1-3,10-15,17,25H2,(H,26,29). The fourth-order valence-corrected chi connectivity index (χ4v) is 4.81. The molecular weight excluding hydrogens is 472 g/mol. The summed E-state index contributed by atoms with van der Waals surface area (Å²) in [5.74, 6) is 2.31. The van der Waals surface area contributed by atoms with Gasteiger partial charge in [0.1, 0.15) is 10.8 Å². The van der Waals surface area contributed by atoms with E-state index < -0.39 is 0 Å². The van der Waals surface area contributed by atoms with Crippen molar-refractivity contribution in [1.82, 2.24) is 15.2 Å². The van der Waals surface area contributed by atoms with Crippen molar-refractivity contribution in [1.29, 1.82) is 0 Å². The number of aromatic nitrogens is 1. The largest absolute Gasteiger partial charge is 0.494 e. The molecule has 3 rings (SSSR count). The topological polar surface area (TPSA) is 80.5 Å². The van der Waals surface area contributed by atoms with Gasteiger partial charge in [-0.2, -0.15) is 25.3 Å². The maximum atomic E-state index is 11.9. The zero-order chi connectivity index (χ0) is 23.5. The summed E-state index contributed by atoms with van der Waals surface area (Å²) in [6.45, 7) is 3.38. The molecular formula is C24H32N4O2S3. The van der Waals surface area contributed by atoms with Gasteiger partial charge in [0.05, 0.1) is 23.4 Å². The Morgan fingerprint density at radius 1 is 1.06 bits per heavy atom. The van der Waals surface area contributed by atoms with Crippen LogP contribution in [0.4, 0.5) is 5.69 Å². The molecule has 0 atom stereocenters. The van der Waals surface area contributed by atoms with Gasteiger partial charge < -0.3 is 15.8 Å². The molecule has 9 heteroatoms. The Morgan fingerprint density at radius 2 is 1.88 bits per heavy atom. The molecule has 3 aromatic rings. The van der Waals surface area contributed by atoms with Crippen LogP contribution in [0.5, 0.6) is 5.75 Å². The number of nitrogens with one attached hydrogen (secondary N) is 1. The van der Waals surface area contributed by atoms with Crippen LogP contribution in [-0.4, -0.2) is 60.1 Å². The molecule has 0 bridgehead atoms. The number of nitrogens with two attached hydrogens (primary N) is 1. The summed E-state index contributed by atoms with van der Waals surface area (Å²) >= 11 is 10.1. The predicted octanol–water partition coefficient (Wildman–Crippen LogP) is 4.37. The van der Waals surface area contributed by atoms with Gasteiger partial charge in [-0.25, -0.2) is 4.98 Å². The number of hydrogen-bond acceptors (Lipinski definition) is 8. The van der Waals surface area contributed by atoms with E-state index in [1.54, 1.807) is 11.3 Å². The van der Waals surface area contributed by atoms with E-state index in [1.807, 2.05) is 36.4 Å². The maximum Gasteiger partial charge on any atom is 0.234 e. The van der Waals surface area contributed by atoms with Gasteiger partial charge in [-0.15, -0.1) is 11.3 Å². The lowest BCUT2D eigenvalue weighted by atomic mass is 10.2. The van der Waals surface area contributed by atoms with E-state index in [0.29, 0.717) is 25.4 Å². The molecule has 178 valence electrons. The number of unbranched alkanes of at least 4 members (excludes halogenated alkanes) is 2. The second kappa shape index (κ2) is 13.7. The van der Waals surface area contributed by atoms with E-state index >= 15 is 0 Å². The van der Waals surface area contributed by atoms with Crippen molar-refractivity contribution in [2.24, 2.45) is 0 Å². The van der Waals surface area contributed by atoms with Crippen LogP contribution in [0.1, 0.15) is 19.3 Å². The van der Waals surface area contributed by atoms with E-state index in [2.05, 4.69) is 41.5 Å². The van der Waals surface area contributed by atoms with Gasteiger partial charge >= 0.3 is 0 Å². The molecule has 0 fully saturated rings. The Kier molecular flexibility index (Phi) is 10.7. The minimum atomic E-state index is 0.0483. The van der Waals surface area contributed by atoms with Crippen LogP contribution in [0, 0.1) is 0 Å². The first-order chi connectivity index (χ1) is 16.1. The predicted molar refractivity (Wildman–Crippen MR) is 146 cm³/mol. The van der Waals surface area contributed by atoms with Crippen molar-refractivity contribution < 1.29 is 9.53 Å². The fourth-order valence-electron chi connectivity index (χ4n) is 3.41. The van der Waals surface area contributed by atoms with Crippen LogP contribution in [0.2, 0.25) is 0 Å². The highest BCUT2D eigenvalue weighted by molar-refractivity contribution is 7.80. The van der Waals surface area contributed by atoms with Crippen LogP contribution in [-0.2, 0) is 4.79 Å². The van der Waals surface area contributed by atoms with Gasteiger partial charge in [-0.05, 0) is 68.3 Å². The monoisotopic (exact) mass is 504 g/mol. The molecule has 0 unspecified atom stereocenters. The minimum Gasteiger partial charge on any atom is -0.494 e. The Morgan fingerprint density at radius 3 is 2.64 bits per heavy atom. The third-order valence-corrected chi connectivity index (χ3v) is 6.61. The second-order valence-corrected chi connectivity index (χ2v) is 9.68. The first-order valence-electron chi connectivity index (χ1n) is 11.2. The van der Waals surface area contributed by atoms with Crippen LogP contribution >= 0.6 is 36.6 Å². The smallest absolute Gasteiger partial charge is 0.234 e. The summed E-state index contributed by atoms with van der Waals surface area (Å²) in [7, 11) is 0. The third-order valence-electron chi connectivity index (χ3n) is 5.12. The van der Waals surface area contributed by atoms with Gasteiger partial charge in [0.25, 0.3) is 0 Å². The Balaban J connectivity index is 1.41. The molecule has 3 N–H and O–H groups in total.